The van der Waals surface area contributed by atoms with Crippen molar-refractivity contribution < 1.29 is 103 Å². The molecule has 684 valence electrons. The summed E-state index contributed by atoms with van der Waals surface area (Å²) in [5.74, 6) is -15.9. The molecule has 15 atom stereocenters. The highest BCUT2D eigenvalue weighted by atomic mass is 16.4. The second-order valence-corrected chi connectivity index (χ2v) is 33.7. The molecule has 2 aliphatic heterocycles. The van der Waals surface area contributed by atoms with E-state index in [0.29, 0.717) is 56.9 Å². The number of nitrogens with one attached hydrogen (secondary N) is 13. The molecule has 2 aromatic heterocycles. The van der Waals surface area contributed by atoms with Gasteiger partial charge in [-0.3, -0.25) is 67.1 Å². The second kappa shape index (κ2) is 47.0. The minimum atomic E-state index is -1.93. The molecule has 4 aromatic carbocycles. The highest BCUT2D eigenvalue weighted by Crippen LogP contribution is 2.27. The van der Waals surface area contributed by atoms with Crippen molar-refractivity contribution >= 4 is 111 Å². The molecule has 0 bridgehead atoms. The molecular formula is C88H121N17O21. The molecule has 0 aliphatic carbocycles. The predicted octanol–water partition coefficient (Wildman–Crippen LogP) is 0.193. The van der Waals surface area contributed by atoms with Crippen molar-refractivity contribution in [2.24, 2.45) is 29.2 Å². The number of hydrogen-bond acceptors (Lipinski definition) is 21. The molecule has 0 radical (unpaired) electrons. The number of benzene rings is 4. The first-order chi connectivity index (χ1) is 59.8. The zero-order chi connectivity index (χ0) is 92.3. The van der Waals surface area contributed by atoms with Crippen molar-refractivity contribution in [1.82, 2.24) is 78.3 Å². The zero-order valence-electron chi connectivity index (χ0n) is 72.1. The normalized spacial score (nSPS) is 17.0. The Labute approximate surface area is 729 Å². The van der Waals surface area contributed by atoms with Crippen LogP contribution < -0.4 is 70.0 Å². The van der Waals surface area contributed by atoms with Crippen LogP contribution in [0.25, 0.3) is 21.8 Å². The highest BCUT2D eigenvalue weighted by molar-refractivity contribution is 6.02. The van der Waals surface area contributed by atoms with Gasteiger partial charge >= 0.3 is 11.9 Å². The summed E-state index contributed by atoms with van der Waals surface area (Å²) in [5, 5.41) is 92.2. The Hall–Kier alpha value is -12.6. The van der Waals surface area contributed by atoms with Gasteiger partial charge in [-0.05, 0) is 161 Å². The number of unbranched alkanes of at least 4 members (excludes halogenated alkanes) is 1. The smallest absolute Gasteiger partial charge is 0.326 e. The number of fused-ring (bicyclic) bond motifs is 2. The Bertz CT molecular complexity index is 4800. The van der Waals surface area contributed by atoms with E-state index in [1.54, 1.807) is 76.5 Å². The summed E-state index contributed by atoms with van der Waals surface area (Å²) in [6, 6.07) is 4.72. The fourth-order valence-corrected chi connectivity index (χ4v) is 15.4. The van der Waals surface area contributed by atoms with E-state index in [1.807, 2.05) is 26.0 Å². The van der Waals surface area contributed by atoms with Crippen molar-refractivity contribution in [3.63, 3.8) is 0 Å². The summed E-state index contributed by atoms with van der Waals surface area (Å²) in [6.07, 6.45) is 0.678. The number of carbonyl (C=O) groups excluding carboxylic acids is 13. The number of aliphatic hydroxyl groups is 2. The van der Waals surface area contributed by atoms with Crippen molar-refractivity contribution in [3.05, 3.63) is 132 Å². The van der Waals surface area contributed by atoms with E-state index in [1.165, 1.54) is 67.3 Å². The van der Waals surface area contributed by atoms with Gasteiger partial charge in [-0.25, -0.2) is 4.79 Å². The number of aliphatic carboxylic acids is 2. The maximum absolute atomic E-state index is 15.1. The van der Waals surface area contributed by atoms with E-state index < -0.39 is 192 Å². The number of rotatable bonds is 47. The molecular weight excluding hydrogens is 1630 g/mol. The van der Waals surface area contributed by atoms with Crippen LogP contribution in [0.1, 0.15) is 148 Å². The van der Waals surface area contributed by atoms with Crippen LogP contribution in [-0.2, 0) is 97.6 Å². The Kier molecular flexibility index (Phi) is 36.9. The van der Waals surface area contributed by atoms with Crippen LogP contribution in [0.3, 0.4) is 0 Å². The summed E-state index contributed by atoms with van der Waals surface area (Å²) in [7, 11) is 0. The number of phenolic OH excluding ortho intramolecular Hbond substituents is 2. The van der Waals surface area contributed by atoms with Crippen LogP contribution in [0, 0.1) is 17.8 Å². The summed E-state index contributed by atoms with van der Waals surface area (Å²) in [4.78, 5) is 223. The van der Waals surface area contributed by atoms with Crippen LogP contribution in [0.4, 0.5) is 0 Å². The number of aromatic nitrogens is 2. The maximum atomic E-state index is 15.1. The third-order valence-electron chi connectivity index (χ3n) is 22.0. The monoisotopic (exact) mass is 1750 g/mol. The summed E-state index contributed by atoms with van der Waals surface area (Å²) >= 11 is 0. The molecule has 126 heavy (non-hydrogen) atoms. The first-order valence-electron chi connectivity index (χ1n) is 42.6. The predicted molar refractivity (Wildman–Crippen MR) is 462 cm³/mol. The van der Waals surface area contributed by atoms with Crippen LogP contribution in [0.15, 0.2) is 109 Å². The van der Waals surface area contributed by atoms with E-state index >= 15 is 9.59 Å². The summed E-state index contributed by atoms with van der Waals surface area (Å²) in [5.41, 5.74) is 14.9. The molecule has 4 heterocycles. The third-order valence-corrected chi connectivity index (χ3v) is 22.0. The number of aliphatic hydroxyl groups excluding tert-OH is 2. The highest BCUT2D eigenvalue weighted by Gasteiger charge is 2.44. The second-order valence-electron chi connectivity index (χ2n) is 33.7. The number of phenols is 2. The Morgan fingerprint density at radius 1 is 0.429 bits per heavy atom. The number of carboxylic acid groups (broad SMARTS) is 2. The number of nitrogens with two attached hydrogens (primary N) is 2. The molecule has 2 aliphatic rings. The molecule has 0 saturated carbocycles. The maximum Gasteiger partial charge on any atom is 0.326 e. The molecule has 2 saturated heterocycles. The van der Waals surface area contributed by atoms with E-state index in [-0.39, 0.29) is 126 Å². The zero-order valence-corrected chi connectivity index (χ0v) is 72.1. The van der Waals surface area contributed by atoms with Crippen LogP contribution in [-0.4, -0.2) is 256 Å². The van der Waals surface area contributed by atoms with Gasteiger partial charge in [-0.2, -0.15) is 0 Å². The molecule has 2 fully saturated rings. The molecule has 13 amide bonds. The van der Waals surface area contributed by atoms with E-state index in [2.05, 4.69) is 68.5 Å². The lowest BCUT2D eigenvalue weighted by molar-refractivity contribution is -0.146. The van der Waals surface area contributed by atoms with E-state index in [9.17, 15) is 93.0 Å². The van der Waals surface area contributed by atoms with E-state index in [0.717, 1.165) is 4.90 Å². The first-order valence-corrected chi connectivity index (χ1v) is 42.6. The van der Waals surface area contributed by atoms with Crippen LogP contribution in [0.5, 0.6) is 11.5 Å². The number of H-pyrrole nitrogens is 2. The molecule has 38 heteroatoms. The number of para-hydroxylation sites is 2. The molecule has 0 spiro atoms. The number of nitrogens with zero attached hydrogens (tertiary/aromatic N) is 2. The Morgan fingerprint density at radius 3 is 1.25 bits per heavy atom. The number of carbonyl (C=O) groups is 15. The van der Waals surface area contributed by atoms with Crippen molar-refractivity contribution in [3.8, 4) is 11.5 Å². The van der Waals surface area contributed by atoms with Crippen LogP contribution >= 0.6 is 0 Å². The molecule has 0 unspecified atom stereocenters. The van der Waals surface area contributed by atoms with Gasteiger partial charge < -0.3 is 120 Å². The van der Waals surface area contributed by atoms with Gasteiger partial charge in [0.15, 0.2) is 0 Å². The van der Waals surface area contributed by atoms with Gasteiger partial charge in [0.1, 0.15) is 90.0 Å². The lowest BCUT2D eigenvalue weighted by Gasteiger charge is -2.31. The standard InChI is InChI=1S/C88H121N17O21/c1-46(2)35-62(77(114)96-66(41-54-44-92-60-20-12-10-18-58(54)60)80(117)99-67(37-48(5)6)86(123)104-33-16-23-72(104)84(121)101-69(88(125)126)39-52-26-30-56(109)31-27-52)94-76(113)61(21-13-14-32-89)93-85(122)74(50(8)107)103-81(118)63(36-47(3)4)98-83(120)71-22-15-34-105(71)87(124)68(42-73(110)111)100-78(115)64(38-51-24-28-55(108)29-25-51)95-79(116)65(40-53-43-91-59-19-11-9-17-57(53)59)97-82(119)70(45-106)102-75(112)49(7)90/h9-12,17-20,24-31,43-44,46-50,61-72,74,91-92,106-109H,13-16,21-23,32-42,45,89-90H2,1-8H3,(H,93,122)(H,94,113)(H,95,116)(H,96,114)(H,97,119)(H,98,120)(H,99,117)(H,100,115)(H,101,121)(H,102,112)(H,103,118)(H,110,111)(H,125,126)/t49-,50+,61-,62-,63-,64-,65-,66-,67-,68-,69-,70-,71-,72-,74-/m0/s1. The summed E-state index contributed by atoms with van der Waals surface area (Å²) < 4.78 is 0. The minimum absolute atomic E-state index is 0.0331. The number of likely N-dealkylation sites (tertiary alicyclic amines) is 2. The minimum Gasteiger partial charge on any atom is -0.508 e. The number of hydrogen-bond donors (Lipinski definition) is 21. The number of amides is 13. The summed E-state index contributed by atoms with van der Waals surface area (Å²) in [6.45, 7) is 12.3. The lowest BCUT2D eigenvalue weighted by atomic mass is 9.98. The fourth-order valence-electron chi connectivity index (χ4n) is 15.4. The van der Waals surface area contributed by atoms with Gasteiger partial charge in [0.05, 0.1) is 25.2 Å². The first kappa shape index (κ1) is 98.9. The van der Waals surface area contributed by atoms with Gasteiger partial charge in [-0.15, -0.1) is 0 Å². The van der Waals surface area contributed by atoms with Crippen LogP contribution in [0.2, 0.25) is 0 Å². The van der Waals surface area contributed by atoms with Gasteiger partial charge in [0.2, 0.25) is 76.8 Å². The SMILES string of the molecule is CC(C)C[C@H](NC(=O)[C@H](CCCCN)NC(=O)[C@@H](NC(=O)[C@H](CC(C)C)NC(=O)[C@@H]1CCCN1C(=O)[C@H](CC(=O)O)NC(=O)[C@H](Cc1ccc(O)cc1)NC(=O)[C@H](Cc1c[nH]c2ccccc12)NC(=O)[C@H](CO)NC(=O)[C@H](C)N)[C@@H](C)O)C(=O)N[C@@H](Cc1c[nH]c2ccccc12)C(=O)N[C@@H](CC(C)C)C(=O)N1CCC[C@H]1C(=O)N[C@@H](Cc1ccc(O)cc1)C(=O)O. The van der Waals surface area contributed by atoms with Gasteiger partial charge in [0.25, 0.3) is 0 Å². The largest absolute Gasteiger partial charge is 0.508 e. The quantitative estimate of drug-likeness (QED) is 0.0227. The average molecular weight is 1750 g/mol. The molecule has 6 aromatic rings. The van der Waals surface area contributed by atoms with Crippen molar-refractivity contribution in [1.29, 1.82) is 0 Å². The lowest BCUT2D eigenvalue weighted by Crippen LogP contribution is -2.62. The van der Waals surface area contributed by atoms with Crippen molar-refractivity contribution in [2.45, 2.75) is 242 Å². The Balaban J connectivity index is 0.974. The number of aromatic hydroxyl groups is 2. The molecule has 23 N–H and O–H groups in total. The topological polar surface area (TPSA) is 600 Å². The van der Waals surface area contributed by atoms with Gasteiger partial charge in [-0.1, -0.05) is 102 Å². The van der Waals surface area contributed by atoms with Gasteiger partial charge in [0, 0.05) is 73.0 Å². The van der Waals surface area contributed by atoms with E-state index in [4.69, 9.17) is 11.5 Å². The molecule has 8 rings (SSSR count). The average Bonchev–Trinajstić information content (AvgIpc) is 1.69. The third kappa shape index (κ3) is 28.5. The molecule has 38 nitrogen and oxygen atoms in total. The number of aromatic amines is 2. The van der Waals surface area contributed by atoms with Crippen molar-refractivity contribution in [2.75, 3.05) is 26.2 Å². The fraction of sp³-hybridized carbons (Fsp3) is 0.511. The number of carboxylic acids is 2. The Morgan fingerprint density at radius 2 is 0.802 bits per heavy atom.